The van der Waals surface area contributed by atoms with E-state index in [0.717, 1.165) is 20.7 Å². The first-order chi connectivity index (χ1) is 9.79. The highest BCUT2D eigenvalue weighted by molar-refractivity contribution is 7.22. The molecule has 7 heteroatoms. The second kappa shape index (κ2) is 4.39. The van der Waals surface area contributed by atoms with Crippen LogP contribution in [0.15, 0.2) is 40.2 Å². The Kier molecular flexibility index (Phi) is 2.54. The average Bonchev–Trinajstić information content (AvgIpc) is 3.17. The number of hydrogen-bond acceptors (Lipinski definition) is 7. The van der Waals surface area contributed by atoms with Gasteiger partial charge in [0.05, 0.1) is 15.1 Å². The van der Waals surface area contributed by atoms with Gasteiger partial charge in [-0.1, -0.05) is 22.6 Å². The van der Waals surface area contributed by atoms with E-state index in [0.29, 0.717) is 16.8 Å². The number of aromatic nitrogens is 3. The summed E-state index contributed by atoms with van der Waals surface area (Å²) in [7, 11) is 0. The molecule has 4 rings (SSSR count). The molecule has 20 heavy (non-hydrogen) atoms. The molecule has 0 saturated heterocycles. The van der Waals surface area contributed by atoms with Crippen molar-refractivity contribution in [3.63, 3.8) is 0 Å². The number of benzene rings is 1. The van der Waals surface area contributed by atoms with Gasteiger partial charge in [-0.3, -0.25) is 0 Å². The zero-order valence-electron chi connectivity index (χ0n) is 10.1. The van der Waals surface area contributed by atoms with E-state index >= 15 is 0 Å². The Morgan fingerprint density at radius 2 is 2.10 bits per heavy atom. The largest absolute Gasteiger partial charge is 0.375 e. The Morgan fingerprint density at radius 1 is 1.15 bits per heavy atom. The van der Waals surface area contributed by atoms with Crippen molar-refractivity contribution < 1.29 is 4.52 Å². The molecule has 0 aliphatic rings. The van der Waals surface area contributed by atoms with Gasteiger partial charge in [-0.05, 0) is 29.6 Å². The van der Waals surface area contributed by atoms with Crippen LogP contribution in [0.5, 0.6) is 0 Å². The highest BCUT2D eigenvalue weighted by Gasteiger charge is 2.12. The van der Waals surface area contributed by atoms with Crippen LogP contribution in [-0.2, 0) is 0 Å². The average molecular weight is 300 g/mol. The monoisotopic (exact) mass is 300 g/mol. The number of thiophene rings is 1. The number of nitrogens with zero attached hydrogens (tertiary/aromatic N) is 3. The molecule has 3 heterocycles. The Hall–Kier alpha value is -2.25. The minimum absolute atomic E-state index is 0.502. The molecule has 3 aromatic heterocycles. The van der Waals surface area contributed by atoms with Gasteiger partial charge in [-0.2, -0.15) is 4.98 Å². The van der Waals surface area contributed by atoms with Gasteiger partial charge in [-0.15, -0.1) is 11.3 Å². The minimum atomic E-state index is 0.502. The Balaban J connectivity index is 1.78. The minimum Gasteiger partial charge on any atom is -0.375 e. The summed E-state index contributed by atoms with van der Waals surface area (Å²) in [5.41, 5.74) is 7.46. The van der Waals surface area contributed by atoms with E-state index in [4.69, 9.17) is 10.3 Å². The molecule has 2 N–H and O–H groups in total. The van der Waals surface area contributed by atoms with Gasteiger partial charge in [-0.25, -0.2) is 4.98 Å². The Morgan fingerprint density at radius 3 is 2.95 bits per heavy atom. The number of nitrogen functional groups attached to an aromatic ring is 1. The normalized spacial score (nSPS) is 11.2. The van der Waals surface area contributed by atoms with Crippen LogP contribution in [0.2, 0.25) is 0 Å². The molecule has 0 unspecified atom stereocenters. The van der Waals surface area contributed by atoms with Crippen molar-refractivity contribution in [2.75, 3.05) is 5.73 Å². The third-order valence-electron chi connectivity index (χ3n) is 2.82. The van der Waals surface area contributed by atoms with Crippen molar-refractivity contribution in [2.24, 2.45) is 0 Å². The maximum Gasteiger partial charge on any atom is 0.258 e. The molecular weight excluding hydrogens is 292 g/mol. The third kappa shape index (κ3) is 1.87. The van der Waals surface area contributed by atoms with Crippen molar-refractivity contribution in [1.29, 1.82) is 0 Å². The quantitative estimate of drug-likeness (QED) is 0.611. The molecule has 1 aromatic carbocycles. The van der Waals surface area contributed by atoms with E-state index in [1.54, 1.807) is 11.3 Å². The lowest BCUT2D eigenvalue weighted by molar-refractivity contribution is 0.432. The van der Waals surface area contributed by atoms with E-state index < -0.39 is 0 Å². The Bertz CT molecular complexity index is 879. The summed E-state index contributed by atoms with van der Waals surface area (Å²) in [6.07, 6.45) is 0. The first-order valence-corrected chi connectivity index (χ1v) is 7.53. The van der Waals surface area contributed by atoms with E-state index in [-0.39, 0.29) is 0 Å². The van der Waals surface area contributed by atoms with Gasteiger partial charge < -0.3 is 10.3 Å². The molecular formula is C13H8N4OS2. The molecule has 0 atom stereocenters. The lowest BCUT2D eigenvalue weighted by atomic mass is 10.2. The second-order valence-corrected chi connectivity index (χ2v) is 6.14. The maximum atomic E-state index is 5.70. The van der Waals surface area contributed by atoms with Crippen LogP contribution >= 0.6 is 22.7 Å². The lowest BCUT2D eigenvalue weighted by Gasteiger charge is -1.93. The summed E-state index contributed by atoms with van der Waals surface area (Å²) >= 11 is 3.03. The number of hydrogen-bond donors (Lipinski definition) is 1. The van der Waals surface area contributed by atoms with Crippen LogP contribution in [0.4, 0.5) is 5.13 Å². The number of thiazole rings is 1. The summed E-state index contributed by atoms with van der Waals surface area (Å²) in [5, 5.41) is 6.55. The highest BCUT2D eigenvalue weighted by atomic mass is 32.1. The topological polar surface area (TPSA) is 77.8 Å². The molecule has 98 valence electrons. The fourth-order valence-electron chi connectivity index (χ4n) is 1.92. The zero-order chi connectivity index (χ0) is 13.5. The second-order valence-electron chi connectivity index (χ2n) is 4.14. The van der Waals surface area contributed by atoms with Crippen LogP contribution in [0, 0.1) is 0 Å². The number of nitrogens with two attached hydrogens (primary N) is 1. The Labute approximate surface area is 121 Å². The smallest absolute Gasteiger partial charge is 0.258 e. The predicted octanol–water partition coefficient (Wildman–Crippen LogP) is 3.66. The lowest BCUT2D eigenvalue weighted by Crippen LogP contribution is -1.80. The molecule has 0 spiro atoms. The predicted molar refractivity (Wildman–Crippen MR) is 80.6 cm³/mol. The molecule has 0 fully saturated rings. The molecule has 0 radical (unpaired) electrons. The molecule has 0 aliphatic carbocycles. The third-order valence-corrected chi connectivity index (χ3v) is 4.53. The van der Waals surface area contributed by atoms with Crippen LogP contribution in [0.1, 0.15) is 0 Å². The van der Waals surface area contributed by atoms with Crippen molar-refractivity contribution in [2.45, 2.75) is 0 Å². The summed E-state index contributed by atoms with van der Waals surface area (Å²) in [4.78, 5) is 9.64. The molecule has 0 aliphatic heterocycles. The summed E-state index contributed by atoms with van der Waals surface area (Å²) in [5.74, 6) is 1.11. The summed E-state index contributed by atoms with van der Waals surface area (Å²) in [6, 6.07) is 9.71. The van der Waals surface area contributed by atoms with Gasteiger partial charge >= 0.3 is 0 Å². The van der Waals surface area contributed by atoms with E-state index in [9.17, 15) is 0 Å². The number of fused-ring (bicyclic) bond motifs is 1. The first-order valence-electron chi connectivity index (χ1n) is 5.83. The maximum absolute atomic E-state index is 5.70. The standard InChI is InChI=1S/C13H8N4OS2/c14-13-15-8-4-3-7(6-10(8)20-13)12-16-11(17-18-12)9-2-1-5-19-9/h1-6H,(H2,14,15). The summed E-state index contributed by atoms with van der Waals surface area (Å²) < 4.78 is 6.34. The van der Waals surface area contributed by atoms with Crippen molar-refractivity contribution >= 4 is 38.0 Å². The fraction of sp³-hybridized carbons (Fsp3) is 0. The number of anilines is 1. The van der Waals surface area contributed by atoms with Crippen molar-refractivity contribution in [3.8, 4) is 22.2 Å². The summed E-state index contributed by atoms with van der Waals surface area (Å²) in [6.45, 7) is 0. The van der Waals surface area contributed by atoms with Gasteiger partial charge in [0.2, 0.25) is 5.82 Å². The molecule has 0 amide bonds. The number of rotatable bonds is 2. The molecule has 5 nitrogen and oxygen atoms in total. The zero-order valence-corrected chi connectivity index (χ0v) is 11.7. The van der Waals surface area contributed by atoms with Gasteiger partial charge in [0.25, 0.3) is 5.89 Å². The SMILES string of the molecule is Nc1nc2ccc(-c3nc(-c4cccs4)no3)cc2s1. The molecule has 0 bridgehead atoms. The van der Waals surface area contributed by atoms with E-state index in [1.807, 2.05) is 35.7 Å². The van der Waals surface area contributed by atoms with E-state index in [1.165, 1.54) is 11.3 Å². The van der Waals surface area contributed by atoms with Crippen LogP contribution < -0.4 is 5.73 Å². The van der Waals surface area contributed by atoms with Gasteiger partial charge in [0.15, 0.2) is 5.13 Å². The van der Waals surface area contributed by atoms with Crippen LogP contribution in [-0.4, -0.2) is 15.1 Å². The van der Waals surface area contributed by atoms with Crippen LogP contribution in [0.25, 0.3) is 32.4 Å². The molecule has 4 aromatic rings. The fourth-order valence-corrected chi connectivity index (χ4v) is 3.34. The van der Waals surface area contributed by atoms with E-state index in [2.05, 4.69) is 15.1 Å². The van der Waals surface area contributed by atoms with Crippen molar-refractivity contribution in [1.82, 2.24) is 15.1 Å². The van der Waals surface area contributed by atoms with Gasteiger partial charge in [0, 0.05) is 5.56 Å². The van der Waals surface area contributed by atoms with Gasteiger partial charge in [0.1, 0.15) is 0 Å². The highest BCUT2D eigenvalue weighted by Crippen LogP contribution is 2.30. The van der Waals surface area contributed by atoms with Crippen molar-refractivity contribution in [3.05, 3.63) is 35.7 Å². The molecule has 0 saturated carbocycles. The van der Waals surface area contributed by atoms with Crippen LogP contribution in [0.3, 0.4) is 0 Å². The first kappa shape index (κ1) is 11.6.